The van der Waals surface area contributed by atoms with Crippen LogP contribution >= 0.6 is 43.2 Å². The molecule has 0 unspecified atom stereocenters. The van der Waals surface area contributed by atoms with Crippen LogP contribution in [0.2, 0.25) is 0 Å². The Morgan fingerprint density at radius 2 is 2.00 bits per heavy atom. The van der Waals surface area contributed by atoms with Crippen LogP contribution < -0.4 is 10.5 Å². The molecule has 0 aliphatic carbocycles. The smallest absolute Gasteiger partial charge is 0.263 e. The van der Waals surface area contributed by atoms with E-state index in [2.05, 4.69) is 36.6 Å². The van der Waals surface area contributed by atoms with Crippen LogP contribution in [0.25, 0.3) is 0 Å². The average Bonchev–Trinajstić information content (AvgIpc) is 2.75. The van der Waals surface area contributed by atoms with Crippen molar-refractivity contribution in [2.24, 2.45) is 5.73 Å². The van der Waals surface area contributed by atoms with Gasteiger partial charge in [-0.3, -0.25) is 4.72 Å². The summed E-state index contributed by atoms with van der Waals surface area (Å²) in [6, 6.07) is 5.22. The Kier molecular flexibility index (Phi) is 4.85. The van der Waals surface area contributed by atoms with Crippen molar-refractivity contribution in [2.75, 3.05) is 4.72 Å². The first-order chi connectivity index (χ1) is 9.33. The van der Waals surface area contributed by atoms with E-state index >= 15 is 0 Å². The first-order valence-electron chi connectivity index (χ1n) is 5.29. The van der Waals surface area contributed by atoms with Crippen molar-refractivity contribution in [1.29, 1.82) is 0 Å². The molecular weight excluding hydrogens is 435 g/mol. The van der Waals surface area contributed by atoms with Gasteiger partial charge in [0.05, 0.1) is 9.47 Å². The zero-order valence-electron chi connectivity index (χ0n) is 9.86. The van der Waals surface area contributed by atoms with E-state index in [4.69, 9.17) is 5.73 Å². The minimum absolute atomic E-state index is 0.110. The Balaban J connectivity index is 2.38. The molecule has 1 heterocycles. The number of anilines is 1. The van der Waals surface area contributed by atoms with Gasteiger partial charge in [0.25, 0.3) is 10.0 Å². The molecule has 0 radical (unpaired) electrons. The molecule has 1 aromatic heterocycles. The lowest BCUT2D eigenvalue weighted by molar-refractivity contribution is 0.601. The predicted octanol–water partition coefficient (Wildman–Crippen LogP) is 3.67. The van der Waals surface area contributed by atoms with Gasteiger partial charge in [0.1, 0.15) is 10.7 Å². The number of sulfonamides is 1. The van der Waals surface area contributed by atoms with Gasteiger partial charge in [-0.25, -0.2) is 12.8 Å². The lowest BCUT2D eigenvalue weighted by Crippen LogP contribution is -2.13. The van der Waals surface area contributed by atoms with E-state index in [0.29, 0.717) is 8.26 Å². The molecule has 9 heteroatoms. The van der Waals surface area contributed by atoms with Crippen molar-refractivity contribution in [3.63, 3.8) is 0 Å². The summed E-state index contributed by atoms with van der Waals surface area (Å²) in [5.41, 5.74) is 5.76. The molecule has 0 fully saturated rings. The quantitative estimate of drug-likeness (QED) is 0.757. The van der Waals surface area contributed by atoms with Crippen molar-refractivity contribution < 1.29 is 12.8 Å². The van der Waals surface area contributed by atoms with Crippen molar-refractivity contribution in [3.8, 4) is 0 Å². The summed E-state index contributed by atoms with van der Waals surface area (Å²) in [7, 11) is -3.76. The summed E-state index contributed by atoms with van der Waals surface area (Å²) in [5.74, 6) is -0.457. The molecule has 0 saturated heterocycles. The fraction of sp³-hybridized carbons (Fsp3) is 0.0909. The third kappa shape index (κ3) is 3.40. The SMILES string of the molecule is NCc1cc(S(=O)(=O)Nc2ccc(F)cc2Br)c(Br)s1. The minimum atomic E-state index is -3.76. The van der Waals surface area contributed by atoms with Crippen LogP contribution in [-0.2, 0) is 16.6 Å². The summed E-state index contributed by atoms with van der Waals surface area (Å²) in [6.45, 7) is 0.263. The minimum Gasteiger partial charge on any atom is -0.326 e. The highest BCUT2D eigenvalue weighted by Crippen LogP contribution is 2.33. The van der Waals surface area contributed by atoms with Gasteiger partial charge in [0.15, 0.2) is 0 Å². The van der Waals surface area contributed by atoms with Gasteiger partial charge in [-0.05, 0) is 56.1 Å². The topological polar surface area (TPSA) is 72.2 Å². The lowest BCUT2D eigenvalue weighted by Gasteiger charge is -2.09. The average molecular weight is 444 g/mol. The maximum absolute atomic E-state index is 13.0. The Hall–Kier alpha value is -0.480. The fourth-order valence-corrected chi connectivity index (χ4v) is 5.68. The molecule has 3 N–H and O–H groups in total. The summed E-state index contributed by atoms with van der Waals surface area (Å²) in [4.78, 5) is 0.856. The van der Waals surface area contributed by atoms with Gasteiger partial charge in [0, 0.05) is 15.9 Å². The predicted molar refractivity (Wildman–Crippen MR) is 84.8 cm³/mol. The van der Waals surface area contributed by atoms with Crippen LogP contribution in [0.5, 0.6) is 0 Å². The molecule has 0 bridgehead atoms. The van der Waals surface area contributed by atoms with Gasteiger partial charge in [-0.15, -0.1) is 11.3 Å². The third-order valence-corrected chi connectivity index (χ3v) is 6.67. The molecule has 4 nitrogen and oxygen atoms in total. The Morgan fingerprint density at radius 3 is 2.55 bits per heavy atom. The second-order valence-electron chi connectivity index (χ2n) is 3.78. The lowest BCUT2D eigenvalue weighted by atomic mass is 10.3. The highest BCUT2D eigenvalue weighted by molar-refractivity contribution is 9.11. The van der Waals surface area contributed by atoms with Gasteiger partial charge in [-0.1, -0.05) is 0 Å². The molecule has 2 rings (SSSR count). The summed E-state index contributed by atoms with van der Waals surface area (Å²) < 4.78 is 40.8. The Bertz CT molecular complexity index is 747. The van der Waals surface area contributed by atoms with Crippen LogP contribution in [-0.4, -0.2) is 8.42 Å². The second kappa shape index (κ2) is 6.10. The van der Waals surface area contributed by atoms with Crippen LogP contribution in [0.4, 0.5) is 10.1 Å². The summed E-state index contributed by atoms with van der Waals surface area (Å²) >= 11 is 7.58. The number of thiophene rings is 1. The van der Waals surface area contributed by atoms with Crippen molar-refractivity contribution in [1.82, 2.24) is 0 Å². The molecule has 0 amide bonds. The van der Waals surface area contributed by atoms with Gasteiger partial charge in [0.2, 0.25) is 0 Å². The van der Waals surface area contributed by atoms with Crippen LogP contribution in [0, 0.1) is 5.82 Å². The van der Waals surface area contributed by atoms with Crippen LogP contribution in [0.1, 0.15) is 4.88 Å². The monoisotopic (exact) mass is 442 g/mol. The molecule has 0 saturated carbocycles. The standard InChI is InChI=1S/C11H9Br2FN2O2S2/c12-8-3-6(14)1-2-9(8)16-20(17,18)10-4-7(5-15)19-11(10)13/h1-4,16H,5,15H2. The van der Waals surface area contributed by atoms with E-state index < -0.39 is 15.8 Å². The number of hydrogen-bond donors (Lipinski definition) is 2. The van der Waals surface area contributed by atoms with Crippen molar-refractivity contribution >= 4 is 58.9 Å². The first kappa shape index (κ1) is 15.9. The van der Waals surface area contributed by atoms with E-state index in [1.54, 1.807) is 0 Å². The molecule has 0 atom stereocenters. The molecule has 2 aromatic rings. The van der Waals surface area contributed by atoms with Gasteiger partial charge < -0.3 is 5.73 Å². The van der Waals surface area contributed by atoms with E-state index in [1.807, 2.05) is 0 Å². The fourth-order valence-electron chi connectivity index (χ4n) is 1.45. The molecule has 1 aromatic carbocycles. The normalized spacial score (nSPS) is 11.6. The maximum Gasteiger partial charge on any atom is 0.263 e. The zero-order chi connectivity index (χ0) is 14.9. The molecular formula is C11H9Br2FN2O2S2. The second-order valence-corrected chi connectivity index (χ2v) is 8.74. The summed E-state index contributed by atoms with van der Waals surface area (Å²) in [6.07, 6.45) is 0. The van der Waals surface area contributed by atoms with Crippen LogP contribution in [0.3, 0.4) is 0 Å². The number of nitrogens with one attached hydrogen (secondary N) is 1. The van der Waals surface area contributed by atoms with E-state index in [1.165, 1.54) is 35.6 Å². The van der Waals surface area contributed by atoms with Crippen molar-refractivity contribution in [3.05, 3.63) is 43.2 Å². The Labute approximate surface area is 136 Å². The number of halogens is 3. The Morgan fingerprint density at radius 1 is 1.30 bits per heavy atom. The zero-order valence-corrected chi connectivity index (χ0v) is 14.7. The number of rotatable bonds is 4. The van der Waals surface area contributed by atoms with Gasteiger partial charge in [-0.2, -0.15) is 0 Å². The number of benzene rings is 1. The van der Waals surface area contributed by atoms with Crippen molar-refractivity contribution in [2.45, 2.75) is 11.4 Å². The number of nitrogens with two attached hydrogens (primary N) is 1. The number of hydrogen-bond acceptors (Lipinski definition) is 4. The third-order valence-electron chi connectivity index (χ3n) is 2.37. The summed E-state index contributed by atoms with van der Waals surface area (Å²) in [5, 5.41) is 0. The largest absolute Gasteiger partial charge is 0.326 e. The van der Waals surface area contributed by atoms with Crippen LogP contribution in [0.15, 0.2) is 37.4 Å². The van der Waals surface area contributed by atoms with E-state index in [0.717, 1.165) is 4.88 Å². The molecule has 108 valence electrons. The molecule has 0 aliphatic rings. The molecule has 0 spiro atoms. The maximum atomic E-state index is 13.0. The molecule has 20 heavy (non-hydrogen) atoms. The van der Waals surface area contributed by atoms with E-state index in [-0.39, 0.29) is 17.1 Å². The highest BCUT2D eigenvalue weighted by Gasteiger charge is 2.21. The van der Waals surface area contributed by atoms with E-state index in [9.17, 15) is 12.8 Å². The van der Waals surface area contributed by atoms with Gasteiger partial charge >= 0.3 is 0 Å². The highest BCUT2D eigenvalue weighted by atomic mass is 79.9. The molecule has 0 aliphatic heterocycles. The first-order valence-corrected chi connectivity index (χ1v) is 9.18.